The third-order valence-corrected chi connectivity index (χ3v) is 5.50. The number of carbonyl (C=O) groups excluding carboxylic acids is 1. The minimum absolute atomic E-state index is 0.0299. The average molecular weight is 406 g/mol. The number of rotatable bonds is 1. The molecule has 1 aromatic carbocycles. The first-order valence-corrected chi connectivity index (χ1v) is 8.81. The van der Waals surface area contributed by atoms with Crippen LogP contribution in [0.5, 0.6) is 0 Å². The molecule has 122 valence electrons. The maximum Gasteiger partial charge on any atom is 0.274 e. The fourth-order valence-corrected chi connectivity index (χ4v) is 4.01. The highest BCUT2D eigenvalue weighted by Crippen LogP contribution is 2.34. The third kappa shape index (κ3) is 2.41. The van der Waals surface area contributed by atoms with E-state index in [1.54, 1.807) is 23.0 Å². The molecule has 4 rings (SSSR count). The molecule has 0 N–H and O–H groups in total. The van der Waals surface area contributed by atoms with Crippen molar-refractivity contribution in [3.63, 3.8) is 0 Å². The summed E-state index contributed by atoms with van der Waals surface area (Å²) in [5.74, 6) is -0.151. The molecule has 0 radical (unpaired) electrons. The van der Waals surface area contributed by atoms with Crippen molar-refractivity contribution in [2.75, 3.05) is 6.54 Å². The Bertz CT molecular complexity index is 955. The second kappa shape index (κ2) is 5.86. The van der Waals surface area contributed by atoms with Gasteiger partial charge in [-0.15, -0.1) is 0 Å². The Balaban J connectivity index is 1.73. The first-order valence-electron chi connectivity index (χ1n) is 7.64. The van der Waals surface area contributed by atoms with E-state index >= 15 is 0 Å². The normalized spacial score (nSPS) is 17.1. The number of hydrogen-bond donors (Lipinski definition) is 0. The van der Waals surface area contributed by atoms with Crippen molar-refractivity contribution in [1.82, 2.24) is 19.5 Å². The van der Waals surface area contributed by atoms with Gasteiger partial charge >= 0.3 is 0 Å². The summed E-state index contributed by atoms with van der Waals surface area (Å²) in [4.78, 5) is 19.2. The summed E-state index contributed by atoms with van der Waals surface area (Å²) in [5.41, 5.74) is 3.30. The van der Waals surface area contributed by atoms with Gasteiger partial charge in [0.15, 0.2) is 11.3 Å². The zero-order chi connectivity index (χ0) is 16.8. The number of aromatic nitrogens is 3. The van der Waals surface area contributed by atoms with Crippen LogP contribution in [0.15, 0.2) is 41.1 Å². The lowest BCUT2D eigenvalue weighted by Crippen LogP contribution is -2.39. The lowest BCUT2D eigenvalue weighted by Gasteiger charge is -2.35. The fourth-order valence-electron chi connectivity index (χ4n) is 3.22. The average Bonchev–Trinajstić information content (AvgIpc) is 3.02. The van der Waals surface area contributed by atoms with Crippen LogP contribution in [0.1, 0.15) is 34.6 Å². The van der Waals surface area contributed by atoms with Gasteiger partial charge in [-0.2, -0.15) is 5.10 Å². The molecule has 5 nitrogen and oxygen atoms in total. The SMILES string of the molecule is CC1c2cccc(Br)c2CCN1C(=O)c1nc2ccnn2cc1Cl. The first kappa shape index (κ1) is 15.6. The summed E-state index contributed by atoms with van der Waals surface area (Å²) in [6.45, 7) is 2.67. The summed E-state index contributed by atoms with van der Waals surface area (Å²) >= 11 is 9.87. The highest BCUT2D eigenvalue weighted by molar-refractivity contribution is 9.10. The number of carbonyl (C=O) groups is 1. The van der Waals surface area contributed by atoms with Crippen LogP contribution in [0.3, 0.4) is 0 Å². The number of hydrogen-bond acceptors (Lipinski definition) is 3. The fraction of sp³-hybridized carbons (Fsp3) is 0.235. The molecule has 7 heteroatoms. The molecule has 0 bridgehead atoms. The van der Waals surface area contributed by atoms with Gasteiger partial charge in [0, 0.05) is 17.1 Å². The van der Waals surface area contributed by atoms with E-state index in [-0.39, 0.29) is 17.6 Å². The van der Waals surface area contributed by atoms with Crippen molar-refractivity contribution < 1.29 is 4.79 Å². The van der Waals surface area contributed by atoms with E-state index in [9.17, 15) is 4.79 Å². The highest BCUT2D eigenvalue weighted by Gasteiger charge is 2.31. The molecule has 3 heterocycles. The van der Waals surface area contributed by atoms with Gasteiger partial charge in [-0.25, -0.2) is 9.50 Å². The third-order valence-electron chi connectivity index (χ3n) is 4.48. The molecule has 1 amide bonds. The summed E-state index contributed by atoms with van der Waals surface area (Å²) in [6, 6.07) is 7.82. The highest BCUT2D eigenvalue weighted by atomic mass is 79.9. The molecule has 3 aromatic rings. The Kier molecular flexibility index (Phi) is 3.81. The van der Waals surface area contributed by atoms with Crippen LogP contribution in [-0.2, 0) is 6.42 Å². The lowest BCUT2D eigenvalue weighted by atomic mass is 9.93. The van der Waals surface area contributed by atoms with Gasteiger partial charge in [-0.1, -0.05) is 39.7 Å². The predicted octanol–water partition coefficient (Wildman–Crippen LogP) is 3.90. The van der Waals surface area contributed by atoms with Gasteiger partial charge in [0.25, 0.3) is 5.91 Å². The van der Waals surface area contributed by atoms with Crippen LogP contribution in [-0.4, -0.2) is 31.9 Å². The van der Waals surface area contributed by atoms with E-state index in [1.165, 1.54) is 5.56 Å². The molecule has 24 heavy (non-hydrogen) atoms. The van der Waals surface area contributed by atoms with Crippen molar-refractivity contribution in [2.24, 2.45) is 0 Å². The van der Waals surface area contributed by atoms with E-state index in [1.807, 2.05) is 24.0 Å². The second-order valence-electron chi connectivity index (χ2n) is 5.80. The molecule has 0 spiro atoms. The summed E-state index contributed by atoms with van der Waals surface area (Å²) in [5, 5.41) is 4.40. The zero-order valence-electron chi connectivity index (χ0n) is 12.9. The van der Waals surface area contributed by atoms with Crippen LogP contribution >= 0.6 is 27.5 Å². The molecule has 1 aliphatic rings. The van der Waals surface area contributed by atoms with Crippen molar-refractivity contribution in [3.05, 3.63) is 63.0 Å². The number of amides is 1. The van der Waals surface area contributed by atoms with Gasteiger partial charge in [-0.05, 0) is 30.5 Å². The van der Waals surface area contributed by atoms with Crippen LogP contribution in [0.25, 0.3) is 5.65 Å². The van der Waals surface area contributed by atoms with E-state index < -0.39 is 0 Å². The molecule has 0 aliphatic carbocycles. The Morgan fingerprint density at radius 1 is 1.38 bits per heavy atom. The Hall–Kier alpha value is -1.92. The van der Waals surface area contributed by atoms with E-state index in [2.05, 4.69) is 32.1 Å². The molecule has 1 aliphatic heterocycles. The van der Waals surface area contributed by atoms with Gasteiger partial charge < -0.3 is 4.90 Å². The summed E-state index contributed by atoms with van der Waals surface area (Å²) in [6.07, 6.45) is 4.06. The summed E-state index contributed by atoms with van der Waals surface area (Å²) < 4.78 is 2.65. The quantitative estimate of drug-likeness (QED) is 0.617. The zero-order valence-corrected chi connectivity index (χ0v) is 15.3. The molecule has 1 atom stereocenters. The summed E-state index contributed by atoms with van der Waals surface area (Å²) in [7, 11) is 0. The van der Waals surface area contributed by atoms with Crippen LogP contribution in [0, 0.1) is 0 Å². The van der Waals surface area contributed by atoms with Crippen molar-refractivity contribution in [1.29, 1.82) is 0 Å². The number of halogens is 2. The minimum atomic E-state index is -0.151. The minimum Gasteiger partial charge on any atom is -0.330 e. The van der Waals surface area contributed by atoms with Crippen molar-refractivity contribution >= 4 is 39.1 Å². The lowest BCUT2D eigenvalue weighted by molar-refractivity contribution is 0.0671. The van der Waals surface area contributed by atoms with Crippen LogP contribution < -0.4 is 0 Å². The van der Waals surface area contributed by atoms with Gasteiger partial charge in [0.1, 0.15) is 0 Å². The molecule has 0 fully saturated rings. The standard InChI is InChI=1S/C17H14BrClN4O/c1-10-11-3-2-4-13(18)12(11)6-8-22(10)17(24)16-14(19)9-23-15(21-16)5-7-20-23/h2-5,7,9-10H,6,8H2,1H3. The van der Waals surface area contributed by atoms with Crippen molar-refractivity contribution in [2.45, 2.75) is 19.4 Å². The maximum absolute atomic E-state index is 13.0. The maximum atomic E-state index is 13.0. The Morgan fingerprint density at radius 2 is 2.21 bits per heavy atom. The molecule has 0 saturated carbocycles. The molecular formula is C17H14BrClN4O. The topological polar surface area (TPSA) is 50.5 Å². The second-order valence-corrected chi connectivity index (χ2v) is 7.07. The Labute approximate surface area is 152 Å². The van der Waals surface area contributed by atoms with E-state index in [0.717, 1.165) is 16.5 Å². The van der Waals surface area contributed by atoms with E-state index in [0.29, 0.717) is 17.2 Å². The molecule has 1 unspecified atom stereocenters. The smallest absolute Gasteiger partial charge is 0.274 e. The largest absolute Gasteiger partial charge is 0.330 e. The van der Waals surface area contributed by atoms with Gasteiger partial charge in [0.2, 0.25) is 0 Å². The van der Waals surface area contributed by atoms with Crippen LogP contribution in [0.4, 0.5) is 0 Å². The molecule has 2 aromatic heterocycles. The van der Waals surface area contributed by atoms with Crippen molar-refractivity contribution in [3.8, 4) is 0 Å². The number of fused-ring (bicyclic) bond motifs is 2. The Morgan fingerprint density at radius 3 is 3.04 bits per heavy atom. The van der Waals surface area contributed by atoms with E-state index in [4.69, 9.17) is 11.6 Å². The number of benzene rings is 1. The monoisotopic (exact) mass is 404 g/mol. The van der Waals surface area contributed by atoms with Gasteiger partial charge in [0.05, 0.1) is 23.5 Å². The first-order chi connectivity index (χ1) is 11.6. The predicted molar refractivity (Wildman–Crippen MR) is 95.3 cm³/mol. The van der Waals surface area contributed by atoms with Crippen LogP contribution in [0.2, 0.25) is 5.02 Å². The number of nitrogens with zero attached hydrogens (tertiary/aromatic N) is 4. The molecule has 0 saturated heterocycles. The molecular weight excluding hydrogens is 392 g/mol. The van der Waals surface area contributed by atoms with Gasteiger partial charge in [-0.3, -0.25) is 4.79 Å².